The number of carbonyl (C=O) groups is 1. The number of carboxylic acids is 1. The first-order valence-corrected chi connectivity index (χ1v) is 5.15. The third kappa shape index (κ3) is 2.27. The lowest BCUT2D eigenvalue weighted by atomic mass is 10.0. The monoisotopic (exact) mass is 240 g/mol. The quantitative estimate of drug-likeness (QED) is 0.852. The Morgan fingerprint density at radius 2 is 1.76 bits per heavy atom. The van der Waals surface area contributed by atoms with E-state index < -0.39 is 5.97 Å². The highest BCUT2D eigenvalue weighted by atomic mass is 16.5. The lowest BCUT2D eigenvalue weighted by Gasteiger charge is -2.16. The van der Waals surface area contributed by atoms with Gasteiger partial charge < -0.3 is 19.3 Å². The molecule has 0 aliphatic carbocycles. The largest absolute Gasteiger partial charge is 0.495 e. The number of benzene rings is 1. The Kier molecular flexibility index (Phi) is 4.20. The van der Waals surface area contributed by atoms with Gasteiger partial charge in [0.2, 0.25) is 0 Å². The van der Waals surface area contributed by atoms with E-state index in [1.165, 1.54) is 21.3 Å². The zero-order valence-electron chi connectivity index (χ0n) is 10.4. The molecule has 0 saturated heterocycles. The Morgan fingerprint density at radius 1 is 1.18 bits per heavy atom. The number of aryl methyl sites for hydroxylation is 1. The van der Waals surface area contributed by atoms with Gasteiger partial charge in [-0.15, -0.1) is 0 Å². The second kappa shape index (κ2) is 5.43. The van der Waals surface area contributed by atoms with Gasteiger partial charge in [0, 0.05) is 0 Å². The van der Waals surface area contributed by atoms with Crippen molar-refractivity contribution in [2.45, 2.75) is 13.3 Å². The van der Waals surface area contributed by atoms with Crippen molar-refractivity contribution in [3.05, 3.63) is 17.2 Å². The topological polar surface area (TPSA) is 65.0 Å². The van der Waals surface area contributed by atoms with Crippen molar-refractivity contribution in [1.29, 1.82) is 0 Å². The van der Waals surface area contributed by atoms with E-state index in [-0.39, 0.29) is 11.3 Å². The van der Waals surface area contributed by atoms with Gasteiger partial charge in [0.15, 0.2) is 11.5 Å². The maximum absolute atomic E-state index is 11.3. The minimum absolute atomic E-state index is 0.00815. The molecule has 0 aliphatic heterocycles. The highest BCUT2D eigenvalue weighted by Gasteiger charge is 2.24. The van der Waals surface area contributed by atoms with Gasteiger partial charge in [-0.1, -0.05) is 6.92 Å². The van der Waals surface area contributed by atoms with Crippen LogP contribution in [0.25, 0.3) is 0 Å². The van der Waals surface area contributed by atoms with Crippen molar-refractivity contribution in [1.82, 2.24) is 0 Å². The number of hydrogen-bond acceptors (Lipinski definition) is 4. The van der Waals surface area contributed by atoms with Gasteiger partial charge in [-0.05, 0) is 18.1 Å². The fourth-order valence-corrected chi connectivity index (χ4v) is 1.72. The molecule has 5 nitrogen and oxygen atoms in total. The average molecular weight is 240 g/mol. The fourth-order valence-electron chi connectivity index (χ4n) is 1.72. The summed E-state index contributed by atoms with van der Waals surface area (Å²) in [6.45, 7) is 1.91. The lowest BCUT2D eigenvalue weighted by molar-refractivity contribution is 0.0688. The minimum atomic E-state index is -1.10. The molecule has 0 heterocycles. The highest BCUT2D eigenvalue weighted by Crippen LogP contribution is 2.40. The van der Waals surface area contributed by atoms with E-state index in [1.807, 2.05) is 6.92 Å². The molecule has 0 radical (unpaired) electrons. The normalized spacial score (nSPS) is 9.88. The number of ether oxygens (including phenoxy) is 3. The molecule has 0 fully saturated rings. The van der Waals surface area contributed by atoms with Crippen molar-refractivity contribution >= 4 is 5.97 Å². The lowest BCUT2D eigenvalue weighted by Crippen LogP contribution is -2.07. The van der Waals surface area contributed by atoms with Crippen LogP contribution in [0, 0.1) is 0 Å². The molecule has 0 aromatic heterocycles. The summed E-state index contributed by atoms with van der Waals surface area (Å²) in [6, 6.07) is 1.73. The number of methoxy groups -OCH3 is 3. The SMILES string of the molecule is CCc1cc(OC)c(OC)c(C(=O)O)c1OC. The van der Waals surface area contributed by atoms with Crippen LogP contribution in [-0.2, 0) is 6.42 Å². The van der Waals surface area contributed by atoms with Gasteiger partial charge in [0.1, 0.15) is 11.3 Å². The van der Waals surface area contributed by atoms with Gasteiger partial charge in [-0.3, -0.25) is 0 Å². The Bertz CT molecular complexity index is 395. The molecular weight excluding hydrogens is 224 g/mol. The van der Waals surface area contributed by atoms with Crippen LogP contribution >= 0.6 is 0 Å². The maximum atomic E-state index is 11.3. The van der Waals surface area contributed by atoms with E-state index in [1.54, 1.807) is 6.07 Å². The number of hydrogen-bond donors (Lipinski definition) is 1. The van der Waals surface area contributed by atoms with E-state index in [0.29, 0.717) is 17.9 Å². The van der Waals surface area contributed by atoms with Crippen LogP contribution < -0.4 is 14.2 Å². The van der Waals surface area contributed by atoms with Crippen LogP contribution in [0.1, 0.15) is 22.8 Å². The predicted molar refractivity (Wildman–Crippen MR) is 62.4 cm³/mol. The number of carboxylic acid groups (broad SMARTS) is 1. The van der Waals surface area contributed by atoms with Gasteiger partial charge in [-0.25, -0.2) is 4.79 Å². The first-order valence-electron chi connectivity index (χ1n) is 5.15. The second-order valence-corrected chi connectivity index (χ2v) is 3.34. The Morgan fingerprint density at radius 3 is 2.12 bits per heavy atom. The zero-order chi connectivity index (χ0) is 13.0. The van der Waals surface area contributed by atoms with E-state index in [4.69, 9.17) is 14.2 Å². The molecule has 0 unspecified atom stereocenters. The summed E-state index contributed by atoms with van der Waals surface area (Å²) in [5.41, 5.74) is 0.758. The maximum Gasteiger partial charge on any atom is 0.343 e. The fraction of sp³-hybridized carbons (Fsp3) is 0.417. The molecule has 5 heteroatoms. The molecule has 1 rings (SSSR count). The molecule has 0 spiro atoms. The summed E-state index contributed by atoms with van der Waals surface area (Å²) < 4.78 is 15.4. The van der Waals surface area contributed by atoms with Crippen LogP contribution in [-0.4, -0.2) is 32.4 Å². The van der Waals surface area contributed by atoms with Crippen LogP contribution in [0.3, 0.4) is 0 Å². The van der Waals surface area contributed by atoms with E-state index in [9.17, 15) is 9.90 Å². The summed E-state index contributed by atoms with van der Waals surface area (Å²) >= 11 is 0. The minimum Gasteiger partial charge on any atom is -0.495 e. The number of aromatic carboxylic acids is 1. The Hall–Kier alpha value is -1.91. The molecule has 1 aromatic carbocycles. The molecule has 0 saturated carbocycles. The van der Waals surface area contributed by atoms with Crippen molar-refractivity contribution < 1.29 is 24.1 Å². The zero-order valence-corrected chi connectivity index (χ0v) is 10.4. The molecule has 1 N–H and O–H groups in total. The van der Waals surface area contributed by atoms with Crippen molar-refractivity contribution in [2.75, 3.05) is 21.3 Å². The van der Waals surface area contributed by atoms with Crippen LogP contribution in [0.15, 0.2) is 6.07 Å². The van der Waals surface area contributed by atoms with E-state index in [2.05, 4.69) is 0 Å². The first kappa shape index (κ1) is 13.2. The van der Waals surface area contributed by atoms with Gasteiger partial charge in [-0.2, -0.15) is 0 Å². The average Bonchev–Trinajstić information content (AvgIpc) is 2.35. The van der Waals surface area contributed by atoms with Crippen LogP contribution in [0.2, 0.25) is 0 Å². The van der Waals surface area contributed by atoms with Crippen LogP contribution in [0.5, 0.6) is 17.2 Å². The van der Waals surface area contributed by atoms with Crippen molar-refractivity contribution in [3.63, 3.8) is 0 Å². The van der Waals surface area contributed by atoms with Gasteiger partial charge >= 0.3 is 5.97 Å². The highest BCUT2D eigenvalue weighted by molar-refractivity contribution is 5.96. The Labute approximate surface area is 99.9 Å². The standard InChI is InChI=1S/C12H16O5/c1-5-7-6-8(15-2)11(17-4)9(12(13)14)10(7)16-3/h6H,5H2,1-4H3,(H,13,14). The molecule has 17 heavy (non-hydrogen) atoms. The molecule has 0 amide bonds. The second-order valence-electron chi connectivity index (χ2n) is 3.34. The predicted octanol–water partition coefficient (Wildman–Crippen LogP) is 1.97. The Balaban J connectivity index is 3.63. The van der Waals surface area contributed by atoms with Gasteiger partial charge in [0.05, 0.1) is 21.3 Å². The smallest absolute Gasteiger partial charge is 0.343 e. The van der Waals surface area contributed by atoms with Crippen LogP contribution in [0.4, 0.5) is 0 Å². The van der Waals surface area contributed by atoms with Crippen molar-refractivity contribution in [2.24, 2.45) is 0 Å². The third-order valence-corrected chi connectivity index (χ3v) is 2.50. The molecule has 0 aliphatic rings. The van der Waals surface area contributed by atoms with Crippen molar-refractivity contribution in [3.8, 4) is 17.2 Å². The van der Waals surface area contributed by atoms with E-state index in [0.717, 1.165) is 5.56 Å². The molecule has 94 valence electrons. The summed E-state index contributed by atoms with van der Waals surface area (Å²) in [5, 5.41) is 9.23. The molecule has 0 atom stereocenters. The summed E-state index contributed by atoms with van der Waals surface area (Å²) in [7, 11) is 4.30. The third-order valence-electron chi connectivity index (χ3n) is 2.50. The summed E-state index contributed by atoms with van der Waals surface area (Å²) in [4.78, 5) is 11.3. The first-order chi connectivity index (χ1) is 8.10. The molecular formula is C12H16O5. The number of rotatable bonds is 5. The summed E-state index contributed by atoms with van der Waals surface area (Å²) in [6.07, 6.45) is 0.643. The molecule has 1 aromatic rings. The summed E-state index contributed by atoms with van der Waals surface area (Å²) in [5.74, 6) is -0.221. The molecule has 0 bridgehead atoms. The van der Waals surface area contributed by atoms with E-state index >= 15 is 0 Å². The van der Waals surface area contributed by atoms with Gasteiger partial charge in [0.25, 0.3) is 0 Å².